The second kappa shape index (κ2) is 4.81. The van der Waals surface area contributed by atoms with Crippen molar-refractivity contribution in [2.45, 2.75) is 64.1 Å². The van der Waals surface area contributed by atoms with Crippen molar-refractivity contribution in [3.8, 4) is 0 Å². The molecule has 1 saturated heterocycles. The Kier molecular flexibility index (Phi) is 3.19. The molecule has 1 aromatic heterocycles. The molecule has 0 bridgehead atoms. The van der Waals surface area contributed by atoms with Gasteiger partial charge in [0.2, 0.25) is 0 Å². The van der Waals surface area contributed by atoms with E-state index in [0.29, 0.717) is 12.1 Å². The maximum absolute atomic E-state index is 4.34. The first-order valence-corrected chi connectivity index (χ1v) is 7.09. The van der Waals surface area contributed by atoms with Crippen LogP contribution in [0.4, 0.5) is 0 Å². The molecule has 2 heterocycles. The van der Waals surface area contributed by atoms with Crippen LogP contribution in [0.2, 0.25) is 0 Å². The van der Waals surface area contributed by atoms with Gasteiger partial charge in [0.25, 0.3) is 0 Å². The molecule has 2 aliphatic rings. The minimum absolute atomic E-state index is 0.528. The summed E-state index contributed by atoms with van der Waals surface area (Å²) in [5.74, 6) is 1.00. The Balaban J connectivity index is 1.66. The molecule has 2 atom stereocenters. The molecule has 1 N–H and O–H groups in total. The summed E-state index contributed by atoms with van der Waals surface area (Å²) >= 11 is 0. The summed E-state index contributed by atoms with van der Waals surface area (Å²) in [6, 6.07) is 1.18. The fraction of sp³-hybridized carbons (Fsp3) is 0.786. The predicted octanol–water partition coefficient (Wildman–Crippen LogP) is 2.89. The summed E-state index contributed by atoms with van der Waals surface area (Å²) < 4.78 is 2.37. The van der Waals surface area contributed by atoms with E-state index in [1.54, 1.807) is 0 Å². The molecule has 17 heavy (non-hydrogen) atoms. The maximum atomic E-state index is 4.34. The van der Waals surface area contributed by atoms with Crippen LogP contribution in [0.3, 0.4) is 0 Å². The molecule has 0 amide bonds. The van der Waals surface area contributed by atoms with Crippen LogP contribution < -0.4 is 5.32 Å². The van der Waals surface area contributed by atoms with E-state index in [-0.39, 0.29) is 0 Å². The fourth-order valence-corrected chi connectivity index (χ4v) is 2.91. The normalized spacial score (nSPS) is 29.5. The highest BCUT2D eigenvalue weighted by molar-refractivity contribution is 5.07. The molecule has 2 unspecified atom stereocenters. The van der Waals surface area contributed by atoms with E-state index in [1.165, 1.54) is 44.2 Å². The topological polar surface area (TPSA) is 29.9 Å². The first kappa shape index (κ1) is 11.3. The molecule has 1 aliphatic carbocycles. The largest absolute Gasteiger partial charge is 0.333 e. The maximum Gasteiger partial charge on any atom is 0.0948 e. The van der Waals surface area contributed by atoms with E-state index in [0.717, 1.165) is 12.5 Å². The van der Waals surface area contributed by atoms with Crippen LogP contribution in [-0.4, -0.2) is 15.6 Å². The van der Waals surface area contributed by atoms with Crippen LogP contribution >= 0.6 is 0 Å². The van der Waals surface area contributed by atoms with Gasteiger partial charge in [-0.1, -0.05) is 12.8 Å². The van der Waals surface area contributed by atoms with Crippen molar-refractivity contribution in [1.82, 2.24) is 14.9 Å². The number of piperidine rings is 1. The van der Waals surface area contributed by atoms with Crippen LogP contribution in [0.25, 0.3) is 0 Å². The lowest BCUT2D eigenvalue weighted by molar-refractivity contribution is 0.328. The van der Waals surface area contributed by atoms with Crippen molar-refractivity contribution in [3.63, 3.8) is 0 Å². The van der Waals surface area contributed by atoms with Crippen LogP contribution in [0.5, 0.6) is 0 Å². The number of aromatic nitrogens is 2. The fourth-order valence-electron chi connectivity index (χ4n) is 2.91. The quantitative estimate of drug-likeness (QED) is 0.866. The molecule has 94 valence electrons. The number of hydrogen-bond donors (Lipinski definition) is 1. The van der Waals surface area contributed by atoms with Gasteiger partial charge in [-0.15, -0.1) is 0 Å². The Hall–Kier alpha value is -0.830. The van der Waals surface area contributed by atoms with Crippen molar-refractivity contribution in [3.05, 3.63) is 18.2 Å². The van der Waals surface area contributed by atoms with Gasteiger partial charge in [-0.05, 0) is 38.5 Å². The monoisotopic (exact) mass is 233 g/mol. The Labute approximate surface area is 104 Å². The summed E-state index contributed by atoms with van der Waals surface area (Å²) in [4.78, 5) is 4.34. The smallest absolute Gasteiger partial charge is 0.0948 e. The summed E-state index contributed by atoms with van der Waals surface area (Å²) in [7, 11) is 0. The highest BCUT2D eigenvalue weighted by Crippen LogP contribution is 2.33. The van der Waals surface area contributed by atoms with Gasteiger partial charge in [0.05, 0.1) is 12.0 Å². The first-order valence-electron chi connectivity index (χ1n) is 7.09. The highest BCUT2D eigenvalue weighted by atomic mass is 15.1. The third-order valence-electron chi connectivity index (χ3n) is 4.19. The molecule has 3 nitrogen and oxygen atoms in total. The molecular weight excluding hydrogens is 210 g/mol. The van der Waals surface area contributed by atoms with Gasteiger partial charge in [0.1, 0.15) is 0 Å². The first-order chi connectivity index (χ1) is 8.33. The molecule has 0 radical (unpaired) electrons. The zero-order chi connectivity index (χ0) is 11.7. The molecule has 1 aromatic rings. The van der Waals surface area contributed by atoms with Gasteiger partial charge < -0.3 is 9.88 Å². The standard InChI is InChI=1S/C14H23N3/c1-11-3-2-4-13(16-11)14-9-15-10-17(14)8-7-12-5-6-12/h9-13,16H,2-8H2,1H3. The third-order valence-corrected chi connectivity index (χ3v) is 4.19. The van der Waals surface area contributed by atoms with E-state index >= 15 is 0 Å². The van der Waals surface area contributed by atoms with E-state index in [4.69, 9.17) is 0 Å². The highest BCUT2D eigenvalue weighted by Gasteiger charge is 2.24. The number of nitrogens with zero attached hydrogens (tertiary/aromatic N) is 2. The lowest BCUT2D eigenvalue weighted by Gasteiger charge is -2.29. The zero-order valence-electron chi connectivity index (χ0n) is 10.7. The van der Waals surface area contributed by atoms with E-state index in [9.17, 15) is 0 Å². The molecule has 1 saturated carbocycles. The summed E-state index contributed by atoms with van der Waals surface area (Å²) in [6.45, 7) is 3.45. The zero-order valence-corrected chi connectivity index (χ0v) is 10.7. The van der Waals surface area contributed by atoms with E-state index in [2.05, 4.69) is 28.0 Å². The molecule has 2 fully saturated rings. The van der Waals surface area contributed by atoms with Gasteiger partial charge in [0, 0.05) is 24.8 Å². The van der Waals surface area contributed by atoms with Gasteiger partial charge in [-0.2, -0.15) is 0 Å². The summed E-state index contributed by atoms with van der Waals surface area (Å²) in [5, 5.41) is 3.70. The van der Waals surface area contributed by atoms with Crippen molar-refractivity contribution >= 4 is 0 Å². The van der Waals surface area contributed by atoms with Crippen molar-refractivity contribution < 1.29 is 0 Å². The number of hydrogen-bond acceptors (Lipinski definition) is 2. The second-order valence-corrected chi connectivity index (χ2v) is 5.80. The number of imidazole rings is 1. The summed E-state index contributed by atoms with van der Waals surface area (Å²) in [6.07, 6.45) is 12.2. The minimum atomic E-state index is 0.528. The van der Waals surface area contributed by atoms with Crippen LogP contribution in [0, 0.1) is 5.92 Å². The molecule has 3 rings (SSSR count). The molecular formula is C14H23N3. The van der Waals surface area contributed by atoms with Crippen molar-refractivity contribution in [2.24, 2.45) is 5.92 Å². The average Bonchev–Trinajstić information content (AvgIpc) is 3.04. The molecule has 1 aliphatic heterocycles. The molecule has 0 aromatic carbocycles. The van der Waals surface area contributed by atoms with Gasteiger partial charge in [-0.25, -0.2) is 4.98 Å². The van der Waals surface area contributed by atoms with Crippen LogP contribution in [0.15, 0.2) is 12.5 Å². The number of aryl methyl sites for hydroxylation is 1. The van der Waals surface area contributed by atoms with Gasteiger partial charge >= 0.3 is 0 Å². The Morgan fingerprint density at radius 3 is 3.00 bits per heavy atom. The van der Waals surface area contributed by atoms with Gasteiger partial charge in [-0.3, -0.25) is 0 Å². The Morgan fingerprint density at radius 2 is 2.24 bits per heavy atom. The van der Waals surface area contributed by atoms with Crippen molar-refractivity contribution in [1.29, 1.82) is 0 Å². The second-order valence-electron chi connectivity index (χ2n) is 5.80. The van der Waals surface area contributed by atoms with E-state index in [1.807, 2.05) is 6.33 Å². The van der Waals surface area contributed by atoms with E-state index < -0.39 is 0 Å². The van der Waals surface area contributed by atoms with Crippen molar-refractivity contribution in [2.75, 3.05) is 0 Å². The lowest BCUT2D eigenvalue weighted by Crippen LogP contribution is -2.35. The number of nitrogens with one attached hydrogen (secondary N) is 1. The Bertz CT molecular complexity index is 367. The Morgan fingerprint density at radius 1 is 1.35 bits per heavy atom. The third kappa shape index (κ3) is 2.71. The molecule has 0 spiro atoms. The molecule has 3 heteroatoms. The SMILES string of the molecule is CC1CCCC(c2cncn2CCC2CC2)N1. The number of rotatable bonds is 4. The van der Waals surface area contributed by atoms with Crippen LogP contribution in [0.1, 0.15) is 57.2 Å². The summed E-state index contributed by atoms with van der Waals surface area (Å²) in [5.41, 5.74) is 1.40. The minimum Gasteiger partial charge on any atom is -0.333 e. The average molecular weight is 233 g/mol. The van der Waals surface area contributed by atoms with Crippen LogP contribution in [-0.2, 0) is 6.54 Å². The predicted molar refractivity (Wildman–Crippen MR) is 68.8 cm³/mol. The lowest BCUT2D eigenvalue weighted by atomic mass is 9.97. The van der Waals surface area contributed by atoms with Gasteiger partial charge in [0.15, 0.2) is 0 Å².